The molecule has 0 aliphatic rings. The van der Waals surface area contributed by atoms with Crippen LogP contribution in [0.2, 0.25) is 0 Å². The predicted molar refractivity (Wildman–Crippen MR) is 57.7 cm³/mol. The fourth-order valence-electron chi connectivity index (χ4n) is 1.36. The number of aromatic hydroxyl groups is 1. The van der Waals surface area contributed by atoms with E-state index in [-0.39, 0.29) is 5.56 Å². The molecule has 0 saturated carbocycles. The van der Waals surface area contributed by atoms with E-state index < -0.39 is 35.4 Å². The first kappa shape index (κ1) is 14.8. The normalized spacial score (nSPS) is 12.8. The van der Waals surface area contributed by atoms with Crippen molar-refractivity contribution in [3.8, 4) is 5.75 Å². The topological polar surface area (TPSA) is 86.6 Å². The van der Waals surface area contributed by atoms with Crippen LogP contribution in [0.15, 0.2) is 18.2 Å². The van der Waals surface area contributed by atoms with Gasteiger partial charge in [0.2, 0.25) is 0 Å². The number of rotatable bonds is 3. The molecule has 0 spiro atoms. The third-order valence-electron chi connectivity index (χ3n) is 2.36. The molecule has 1 aromatic carbocycles. The number of carboxylic acid groups (broad SMARTS) is 1. The van der Waals surface area contributed by atoms with Gasteiger partial charge in [-0.15, -0.1) is 0 Å². The number of benzene rings is 1. The fourth-order valence-corrected chi connectivity index (χ4v) is 1.36. The summed E-state index contributed by atoms with van der Waals surface area (Å²) in [7, 11) is 0. The lowest BCUT2D eigenvalue weighted by Crippen LogP contribution is -2.38. The SMILES string of the molecule is CC(NC(=O)C(F)(F)F)c1ccc(O)c(C(=O)O)c1. The van der Waals surface area contributed by atoms with Crippen molar-refractivity contribution in [1.82, 2.24) is 5.32 Å². The maximum atomic E-state index is 12.1. The molecule has 3 N–H and O–H groups in total. The molecule has 1 rings (SSSR count). The van der Waals surface area contributed by atoms with E-state index >= 15 is 0 Å². The molecule has 104 valence electrons. The van der Waals surface area contributed by atoms with E-state index in [1.165, 1.54) is 13.0 Å². The van der Waals surface area contributed by atoms with Crippen molar-refractivity contribution >= 4 is 11.9 Å². The molecule has 0 radical (unpaired) electrons. The predicted octanol–water partition coefficient (Wildman–Crippen LogP) is 1.83. The number of alkyl halides is 3. The first-order valence-electron chi connectivity index (χ1n) is 5.07. The molecule has 0 heterocycles. The summed E-state index contributed by atoms with van der Waals surface area (Å²) in [6.45, 7) is 1.27. The van der Waals surface area contributed by atoms with Crippen LogP contribution in [0.5, 0.6) is 5.75 Å². The van der Waals surface area contributed by atoms with Gasteiger partial charge in [-0.25, -0.2) is 4.79 Å². The Morgan fingerprint density at radius 3 is 2.37 bits per heavy atom. The van der Waals surface area contributed by atoms with Crippen LogP contribution in [-0.2, 0) is 4.79 Å². The number of aromatic carboxylic acids is 1. The molecule has 19 heavy (non-hydrogen) atoms. The Kier molecular flexibility index (Phi) is 4.03. The van der Waals surface area contributed by atoms with E-state index in [1.807, 2.05) is 0 Å². The van der Waals surface area contributed by atoms with Crippen LogP contribution in [0, 0.1) is 0 Å². The Labute approximate surface area is 105 Å². The van der Waals surface area contributed by atoms with Crippen molar-refractivity contribution in [2.24, 2.45) is 0 Å². The minimum absolute atomic E-state index is 0.132. The molecule has 0 aliphatic heterocycles. The number of amides is 1. The van der Waals surface area contributed by atoms with Crippen molar-refractivity contribution in [2.75, 3.05) is 0 Å². The van der Waals surface area contributed by atoms with Gasteiger partial charge in [-0.3, -0.25) is 4.79 Å². The highest BCUT2D eigenvalue weighted by atomic mass is 19.4. The molecular weight excluding hydrogens is 267 g/mol. The van der Waals surface area contributed by atoms with Crippen molar-refractivity contribution in [3.63, 3.8) is 0 Å². The number of carbonyl (C=O) groups excluding carboxylic acids is 1. The maximum absolute atomic E-state index is 12.1. The molecule has 1 atom stereocenters. The van der Waals surface area contributed by atoms with E-state index in [0.717, 1.165) is 12.1 Å². The van der Waals surface area contributed by atoms with Crippen molar-refractivity contribution < 1.29 is 33.0 Å². The lowest BCUT2D eigenvalue weighted by molar-refractivity contribution is -0.174. The lowest BCUT2D eigenvalue weighted by atomic mass is 10.0. The Morgan fingerprint density at radius 1 is 1.32 bits per heavy atom. The molecular formula is C11H10F3NO4. The minimum atomic E-state index is -5.01. The van der Waals surface area contributed by atoms with Crippen LogP contribution < -0.4 is 5.32 Å². The summed E-state index contributed by atoms with van der Waals surface area (Å²) < 4.78 is 36.2. The van der Waals surface area contributed by atoms with Gasteiger partial charge in [0.05, 0.1) is 6.04 Å². The van der Waals surface area contributed by atoms with E-state index in [4.69, 9.17) is 5.11 Å². The van der Waals surface area contributed by atoms with Gasteiger partial charge in [-0.2, -0.15) is 13.2 Å². The van der Waals surface area contributed by atoms with Crippen LogP contribution >= 0.6 is 0 Å². The van der Waals surface area contributed by atoms with Gasteiger partial charge in [-0.1, -0.05) is 6.07 Å². The Balaban J connectivity index is 2.95. The molecule has 1 amide bonds. The average Bonchev–Trinajstić information content (AvgIpc) is 2.27. The number of carbonyl (C=O) groups is 2. The maximum Gasteiger partial charge on any atom is 0.471 e. The molecule has 1 unspecified atom stereocenters. The summed E-state index contributed by atoms with van der Waals surface area (Å²) in [5.41, 5.74) is -0.321. The summed E-state index contributed by atoms with van der Waals surface area (Å²) in [5.74, 6) is -4.05. The van der Waals surface area contributed by atoms with Gasteiger partial charge in [0.25, 0.3) is 0 Å². The van der Waals surface area contributed by atoms with Crippen LogP contribution in [0.1, 0.15) is 28.9 Å². The molecule has 0 aromatic heterocycles. The van der Waals surface area contributed by atoms with Crippen molar-refractivity contribution in [1.29, 1.82) is 0 Å². The zero-order valence-corrected chi connectivity index (χ0v) is 9.65. The molecule has 0 bridgehead atoms. The van der Waals surface area contributed by atoms with Gasteiger partial charge in [-0.05, 0) is 24.6 Å². The van der Waals surface area contributed by atoms with E-state index in [9.17, 15) is 27.9 Å². The standard InChI is InChI=1S/C11H10F3NO4/c1-5(15-10(19)11(12,13)14)6-2-3-8(16)7(4-6)9(17)18/h2-5,16H,1H3,(H,15,19)(H,17,18). The number of hydrogen-bond donors (Lipinski definition) is 3. The average molecular weight is 277 g/mol. The van der Waals surface area contributed by atoms with Gasteiger partial charge in [0, 0.05) is 0 Å². The molecule has 8 heteroatoms. The summed E-state index contributed by atoms with van der Waals surface area (Å²) >= 11 is 0. The van der Waals surface area contributed by atoms with Gasteiger partial charge >= 0.3 is 18.1 Å². The van der Waals surface area contributed by atoms with Crippen LogP contribution in [0.25, 0.3) is 0 Å². The second-order valence-corrected chi connectivity index (χ2v) is 3.77. The van der Waals surface area contributed by atoms with E-state index in [0.29, 0.717) is 0 Å². The zero-order chi connectivity index (χ0) is 14.8. The van der Waals surface area contributed by atoms with E-state index in [2.05, 4.69) is 0 Å². The first-order chi connectivity index (χ1) is 8.62. The highest BCUT2D eigenvalue weighted by Crippen LogP contribution is 2.23. The Bertz CT molecular complexity index is 513. The smallest absolute Gasteiger partial charge is 0.471 e. The molecule has 5 nitrogen and oxygen atoms in total. The second kappa shape index (κ2) is 5.17. The number of halogens is 3. The van der Waals surface area contributed by atoms with Gasteiger partial charge < -0.3 is 15.5 Å². The van der Waals surface area contributed by atoms with Crippen molar-refractivity contribution in [2.45, 2.75) is 19.1 Å². The molecule has 1 aromatic rings. The minimum Gasteiger partial charge on any atom is -0.507 e. The summed E-state index contributed by atoms with van der Waals surface area (Å²) in [6.07, 6.45) is -5.01. The van der Waals surface area contributed by atoms with Crippen LogP contribution in [0.4, 0.5) is 13.2 Å². The highest BCUT2D eigenvalue weighted by molar-refractivity contribution is 5.91. The van der Waals surface area contributed by atoms with Gasteiger partial charge in [0.15, 0.2) is 0 Å². The number of phenols is 1. The molecule has 0 saturated heterocycles. The van der Waals surface area contributed by atoms with Crippen LogP contribution in [0.3, 0.4) is 0 Å². The van der Waals surface area contributed by atoms with E-state index in [1.54, 1.807) is 5.32 Å². The Morgan fingerprint density at radius 2 is 1.89 bits per heavy atom. The van der Waals surface area contributed by atoms with Gasteiger partial charge in [0.1, 0.15) is 11.3 Å². The summed E-state index contributed by atoms with van der Waals surface area (Å²) in [6, 6.07) is 2.21. The van der Waals surface area contributed by atoms with Crippen LogP contribution in [-0.4, -0.2) is 28.3 Å². The number of nitrogens with one attached hydrogen (secondary N) is 1. The summed E-state index contributed by atoms with van der Waals surface area (Å²) in [5, 5.41) is 19.7. The fraction of sp³-hybridized carbons (Fsp3) is 0.273. The Hall–Kier alpha value is -2.25. The second-order valence-electron chi connectivity index (χ2n) is 3.77. The summed E-state index contributed by atoms with van der Waals surface area (Å²) in [4.78, 5) is 21.5. The monoisotopic (exact) mass is 277 g/mol. The number of carboxylic acids is 1. The first-order valence-corrected chi connectivity index (χ1v) is 5.07. The third kappa shape index (κ3) is 3.60. The lowest BCUT2D eigenvalue weighted by Gasteiger charge is -2.16. The zero-order valence-electron chi connectivity index (χ0n) is 9.65. The highest BCUT2D eigenvalue weighted by Gasteiger charge is 2.39. The molecule has 0 aliphatic carbocycles. The molecule has 0 fully saturated rings. The largest absolute Gasteiger partial charge is 0.507 e. The number of hydrogen-bond acceptors (Lipinski definition) is 3. The quantitative estimate of drug-likeness (QED) is 0.786. The third-order valence-corrected chi connectivity index (χ3v) is 2.36. The van der Waals surface area contributed by atoms with Crippen molar-refractivity contribution in [3.05, 3.63) is 29.3 Å².